The summed E-state index contributed by atoms with van der Waals surface area (Å²) in [6.07, 6.45) is 0. The molecule has 0 atom stereocenters. The predicted molar refractivity (Wildman–Crippen MR) is 113 cm³/mol. The average molecular weight is 416 g/mol. The molecular formula is C22H19Cl2NO3. The molecule has 0 radical (unpaired) electrons. The Morgan fingerprint density at radius 3 is 2.39 bits per heavy atom. The van der Waals surface area contributed by atoms with Gasteiger partial charge in [0.1, 0.15) is 18.1 Å². The third-order valence-corrected chi connectivity index (χ3v) is 4.87. The Bertz CT molecular complexity index is 988. The molecule has 4 nitrogen and oxygen atoms in total. The van der Waals surface area contributed by atoms with Crippen molar-refractivity contribution in [3.63, 3.8) is 0 Å². The van der Waals surface area contributed by atoms with Crippen molar-refractivity contribution in [2.45, 2.75) is 13.5 Å². The van der Waals surface area contributed by atoms with E-state index in [9.17, 15) is 4.79 Å². The van der Waals surface area contributed by atoms with E-state index in [4.69, 9.17) is 32.7 Å². The summed E-state index contributed by atoms with van der Waals surface area (Å²) in [4.78, 5) is 12.6. The molecule has 0 fully saturated rings. The summed E-state index contributed by atoms with van der Waals surface area (Å²) in [5, 5.41) is 3.61. The van der Waals surface area contributed by atoms with Crippen LogP contribution in [0.1, 0.15) is 21.5 Å². The monoisotopic (exact) mass is 415 g/mol. The number of anilines is 1. The maximum absolute atomic E-state index is 12.6. The van der Waals surface area contributed by atoms with Gasteiger partial charge < -0.3 is 14.8 Å². The van der Waals surface area contributed by atoms with Crippen LogP contribution in [0.3, 0.4) is 0 Å². The van der Waals surface area contributed by atoms with Crippen LogP contribution >= 0.6 is 23.2 Å². The number of hydrogen-bond acceptors (Lipinski definition) is 3. The van der Waals surface area contributed by atoms with Gasteiger partial charge >= 0.3 is 0 Å². The number of nitrogens with one attached hydrogen (secondary N) is 1. The lowest BCUT2D eigenvalue weighted by Gasteiger charge is -2.13. The molecule has 0 aliphatic heterocycles. The minimum Gasteiger partial charge on any atom is -0.496 e. The van der Waals surface area contributed by atoms with Gasteiger partial charge in [-0.15, -0.1) is 0 Å². The summed E-state index contributed by atoms with van der Waals surface area (Å²) in [5.74, 6) is 1.13. The Kier molecular flexibility index (Phi) is 6.45. The second-order valence-corrected chi connectivity index (χ2v) is 7.03. The number of ether oxygens (including phenoxy) is 2. The number of hydrogen-bond donors (Lipinski definition) is 1. The van der Waals surface area contributed by atoms with Gasteiger partial charge in [0, 0.05) is 16.8 Å². The number of carbonyl (C=O) groups excluding carboxylic acids is 1. The quantitative estimate of drug-likeness (QED) is 0.525. The first-order valence-electron chi connectivity index (χ1n) is 8.59. The maximum atomic E-state index is 12.6. The molecule has 3 aromatic rings. The molecule has 0 unspecified atom stereocenters. The van der Waals surface area contributed by atoms with Crippen LogP contribution in [0.5, 0.6) is 11.5 Å². The number of aryl methyl sites for hydroxylation is 1. The summed E-state index contributed by atoms with van der Waals surface area (Å²) in [5.41, 5.74) is 2.97. The zero-order valence-electron chi connectivity index (χ0n) is 15.5. The second-order valence-electron chi connectivity index (χ2n) is 6.21. The highest BCUT2D eigenvalue weighted by Crippen LogP contribution is 2.26. The van der Waals surface area contributed by atoms with Crippen molar-refractivity contribution in [2.75, 3.05) is 12.4 Å². The van der Waals surface area contributed by atoms with E-state index in [0.29, 0.717) is 27.0 Å². The lowest BCUT2D eigenvalue weighted by Crippen LogP contribution is -2.13. The number of amides is 1. The molecule has 0 bridgehead atoms. The van der Waals surface area contributed by atoms with Crippen LogP contribution in [0.2, 0.25) is 10.0 Å². The Balaban J connectivity index is 1.76. The van der Waals surface area contributed by atoms with Crippen molar-refractivity contribution in [1.82, 2.24) is 0 Å². The summed E-state index contributed by atoms with van der Waals surface area (Å²) in [6, 6.07) is 17.9. The van der Waals surface area contributed by atoms with Crippen molar-refractivity contribution in [3.8, 4) is 11.5 Å². The molecule has 28 heavy (non-hydrogen) atoms. The lowest BCUT2D eigenvalue weighted by atomic mass is 10.1. The molecule has 144 valence electrons. The standard InChI is InChI=1S/C22H19Cl2NO3/c1-14-3-7-18(8-4-14)28-13-16-11-15(5-10-21(16)27-2)22(26)25-17-6-9-19(23)20(24)12-17/h3-12H,13H2,1-2H3,(H,25,26). The Hall–Kier alpha value is -2.69. The normalized spacial score (nSPS) is 10.4. The van der Waals surface area contributed by atoms with Crippen molar-refractivity contribution in [2.24, 2.45) is 0 Å². The fourth-order valence-corrected chi connectivity index (χ4v) is 2.90. The van der Waals surface area contributed by atoms with Gasteiger partial charge in [-0.1, -0.05) is 40.9 Å². The molecule has 0 heterocycles. The molecule has 0 saturated carbocycles. The Morgan fingerprint density at radius 2 is 1.71 bits per heavy atom. The second kappa shape index (κ2) is 9.00. The van der Waals surface area contributed by atoms with Crippen molar-refractivity contribution >= 4 is 34.8 Å². The van der Waals surface area contributed by atoms with Gasteiger partial charge in [0.2, 0.25) is 0 Å². The SMILES string of the molecule is COc1ccc(C(=O)Nc2ccc(Cl)c(Cl)c2)cc1COc1ccc(C)cc1. The number of rotatable bonds is 6. The zero-order chi connectivity index (χ0) is 20.1. The zero-order valence-corrected chi connectivity index (χ0v) is 17.0. The molecule has 3 rings (SSSR count). The van der Waals surface area contributed by atoms with Crippen LogP contribution in [0.15, 0.2) is 60.7 Å². The largest absolute Gasteiger partial charge is 0.496 e. The summed E-state index contributed by atoms with van der Waals surface area (Å²) < 4.78 is 11.2. The number of carbonyl (C=O) groups is 1. The Labute approximate surface area is 174 Å². The van der Waals surface area contributed by atoms with Crippen molar-refractivity contribution in [3.05, 3.63) is 87.4 Å². The van der Waals surface area contributed by atoms with E-state index in [2.05, 4.69) is 5.32 Å². The van der Waals surface area contributed by atoms with E-state index in [0.717, 1.165) is 16.9 Å². The fraction of sp³-hybridized carbons (Fsp3) is 0.136. The minimum atomic E-state index is -0.266. The third kappa shape index (κ3) is 4.97. The van der Waals surface area contributed by atoms with E-state index in [1.807, 2.05) is 31.2 Å². The fourth-order valence-electron chi connectivity index (χ4n) is 2.61. The first kappa shape index (κ1) is 20.1. The molecule has 1 N–H and O–H groups in total. The molecule has 0 saturated heterocycles. The summed E-state index contributed by atoms with van der Waals surface area (Å²) >= 11 is 11.9. The average Bonchev–Trinajstić information content (AvgIpc) is 2.70. The molecule has 1 amide bonds. The summed E-state index contributed by atoms with van der Waals surface area (Å²) in [7, 11) is 1.58. The molecule has 0 aliphatic carbocycles. The topological polar surface area (TPSA) is 47.6 Å². The van der Waals surface area contributed by atoms with Crippen LogP contribution in [0, 0.1) is 6.92 Å². The molecule has 3 aromatic carbocycles. The molecule has 0 aliphatic rings. The number of methoxy groups -OCH3 is 1. The molecule has 0 spiro atoms. The van der Waals surface area contributed by atoms with Crippen molar-refractivity contribution < 1.29 is 14.3 Å². The minimum absolute atomic E-state index is 0.266. The highest BCUT2D eigenvalue weighted by atomic mass is 35.5. The lowest BCUT2D eigenvalue weighted by molar-refractivity contribution is 0.102. The highest BCUT2D eigenvalue weighted by Gasteiger charge is 2.12. The first-order chi connectivity index (χ1) is 13.5. The van der Waals surface area contributed by atoms with Crippen LogP contribution in [0.25, 0.3) is 0 Å². The van der Waals surface area contributed by atoms with Gasteiger partial charge in [0.25, 0.3) is 5.91 Å². The summed E-state index contributed by atoms with van der Waals surface area (Å²) in [6.45, 7) is 2.29. The van der Waals surface area contributed by atoms with Crippen LogP contribution in [-0.4, -0.2) is 13.0 Å². The van der Waals surface area contributed by atoms with Crippen LogP contribution in [-0.2, 0) is 6.61 Å². The van der Waals surface area contributed by atoms with Gasteiger partial charge in [-0.2, -0.15) is 0 Å². The van der Waals surface area contributed by atoms with Gasteiger partial charge in [0.15, 0.2) is 0 Å². The van der Waals surface area contributed by atoms with Crippen LogP contribution in [0.4, 0.5) is 5.69 Å². The number of halogens is 2. The van der Waals surface area contributed by atoms with Gasteiger partial charge in [0.05, 0.1) is 17.2 Å². The van der Waals surface area contributed by atoms with Gasteiger partial charge in [-0.25, -0.2) is 0 Å². The van der Waals surface area contributed by atoms with E-state index >= 15 is 0 Å². The highest BCUT2D eigenvalue weighted by molar-refractivity contribution is 6.42. The molecular weight excluding hydrogens is 397 g/mol. The van der Waals surface area contributed by atoms with Crippen LogP contribution < -0.4 is 14.8 Å². The third-order valence-electron chi connectivity index (χ3n) is 4.14. The Morgan fingerprint density at radius 1 is 0.964 bits per heavy atom. The van der Waals surface area contributed by atoms with E-state index in [-0.39, 0.29) is 12.5 Å². The first-order valence-corrected chi connectivity index (χ1v) is 9.34. The van der Waals surface area contributed by atoms with E-state index < -0.39 is 0 Å². The molecule has 6 heteroatoms. The van der Waals surface area contributed by atoms with E-state index in [1.165, 1.54) is 0 Å². The van der Waals surface area contributed by atoms with E-state index in [1.54, 1.807) is 43.5 Å². The van der Waals surface area contributed by atoms with Crippen molar-refractivity contribution in [1.29, 1.82) is 0 Å². The predicted octanol–water partition coefficient (Wildman–Crippen LogP) is 6.14. The number of benzene rings is 3. The maximum Gasteiger partial charge on any atom is 0.255 e. The van der Waals surface area contributed by atoms with Gasteiger partial charge in [-0.05, 0) is 55.5 Å². The smallest absolute Gasteiger partial charge is 0.255 e. The van der Waals surface area contributed by atoms with Gasteiger partial charge in [-0.3, -0.25) is 4.79 Å². The molecule has 0 aromatic heterocycles.